The lowest BCUT2D eigenvalue weighted by molar-refractivity contribution is -0.126. The van der Waals surface area contributed by atoms with Crippen molar-refractivity contribution in [1.29, 1.82) is 0 Å². The highest BCUT2D eigenvalue weighted by atomic mass is 19.1. The third kappa shape index (κ3) is 4.04. The average molecular weight is 491 g/mol. The zero-order chi connectivity index (χ0) is 25.2. The van der Waals surface area contributed by atoms with Gasteiger partial charge in [-0.3, -0.25) is 9.59 Å². The minimum atomic E-state index is -0.804. The van der Waals surface area contributed by atoms with Crippen LogP contribution in [-0.4, -0.2) is 85.8 Å². The molecule has 1 amide bonds. The highest BCUT2D eigenvalue weighted by molar-refractivity contribution is 6.45. The van der Waals surface area contributed by atoms with Crippen molar-refractivity contribution >= 4 is 34.3 Å². The summed E-state index contributed by atoms with van der Waals surface area (Å²) >= 11 is 0. The molecule has 4 aromatic rings. The molecule has 4 heterocycles. The number of aromatic amines is 1. The van der Waals surface area contributed by atoms with Crippen molar-refractivity contribution < 1.29 is 18.8 Å². The zero-order valence-electron chi connectivity index (χ0n) is 19.6. The van der Waals surface area contributed by atoms with Crippen molar-refractivity contribution in [3.05, 3.63) is 59.8 Å². The number of rotatable bonds is 6. The number of carbonyl (C=O) groups is 2. The molecule has 3 aromatic heterocycles. The number of nitrogens with zero attached hydrogens (tertiary/aromatic N) is 8. The second-order valence-electron chi connectivity index (χ2n) is 8.10. The normalized spacial score (nSPS) is 14.4. The number of pyridine rings is 1. The van der Waals surface area contributed by atoms with E-state index in [-0.39, 0.29) is 29.6 Å². The Morgan fingerprint density at radius 3 is 2.61 bits per heavy atom. The standard InChI is InChI=1S/C23H22FN9O3/c1-14(28-36-2)19-20-18(17(24)13-26-19)16(12-25-20)21(34)22(35)31-8-10-32(11-9-31)23-27-29-30-33(23)15-6-4-3-5-7-15/h3-7,12-13,25H,8-11H2,1-2H3/b28-14+. The molecule has 184 valence electrons. The Kier molecular flexibility index (Phi) is 6.10. The molecule has 1 aliphatic heterocycles. The Morgan fingerprint density at radius 2 is 1.89 bits per heavy atom. The van der Waals surface area contributed by atoms with Crippen LogP contribution in [0.4, 0.5) is 10.3 Å². The molecule has 0 aliphatic carbocycles. The highest BCUT2D eigenvalue weighted by Crippen LogP contribution is 2.25. The van der Waals surface area contributed by atoms with Crippen LogP contribution in [0, 0.1) is 5.82 Å². The molecule has 5 rings (SSSR count). The van der Waals surface area contributed by atoms with E-state index in [1.165, 1.54) is 18.2 Å². The number of aromatic nitrogens is 6. The molecule has 0 spiro atoms. The molecule has 0 unspecified atom stereocenters. The fourth-order valence-electron chi connectivity index (χ4n) is 4.23. The number of tetrazole rings is 1. The lowest BCUT2D eigenvalue weighted by Gasteiger charge is -2.34. The number of para-hydroxylation sites is 1. The first-order valence-electron chi connectivity index (χ1n) is 11.2. The summed E-state index contributed by atoms with van der Waals surface area (Å²) in [5, 5.41) is 15.8. The molecule has 0 saturated carbocycles. The predicted octanol–water partition coefficient (Wildman–Crippen LogP) is 1.58. The van der Waals surface area contributed by atoms with E-state index in [0.717, 1.165) is 11.9 Å². The third-order valence-corrected chi connectivity index (χ3v) is 5.98. The van der Waals surface area contributed by atoms with Crippen molar-refractivity contribution in [2.75, 3.05) is 38.2 Å². The third-order valence-electron chi connectivity index (χ3n) is 5.98. The monoisotopic (exact) mass is 491 g/mol. The van der Waals surface area contributed by atoms with Gasteiger partial charge in [0, 0.05) is 32.4 Å². The maximum absolute atomic E-state index is 14.7. The summed E-state index contributed by atoms with van der Waals surface area (Å²) in [6.07, 6.45) is 2.32. The molecular formula is C23H22FN9O3. The van der Waals surface area contributed by atoms with Crippen LogP contribution in [0.25, 0.3) is 16.6 Å². The first-order valence-corrected chi connectivity index (χ1v) is 11.2. The Hall–Kier alpha value is -4.68. The van der Waals surface area contributed by atoms with Gasteiger partial charge in [0.15, 0.2) is 5.82 Å². The van der Waals surface area contributed by atoms with Gasteiger partial charge < -0.3 is 19.6 Å². The minimum absolute atomic E-state index is 0.00956. The summed E-state index contributed by atoms with van der Waals surface area (Å²) in [7, 11) is 1.38. The van der Waals surface area contributed by atoms with E-state index in [0.29, 0.717) is 30.4 Å². The van der Waals surface area contributed by atoms with Gasteiger partial charge in [-0.2, -0.15) is 4.68 Å². The lowest BCUT2D eigenvalue weighted by Crippen LogP contribution is -2.51. The number of fused-ring (bicyclic) bond motifs is 1. The number of Topliss-reactive ketones (excluding diaryl/α,β-unsaturated/α-hetero) is 1. The maximum Gasteiger partial charge on any atom is 0.295 e. The largest absolute Gasteiger partial charge is 0.399 e. The van der Waals surface area contributed by atoms with Crippen LogP contribution in [0.5, 0.6) is 0 Å². The molecule has 36 heavy (non-hydrogen) atoms. The van der Waals surface area contributed by atoms with Gasteiger partial charge in [0.1, 0.15) is 18.5 Å². The van der Waals surface area contributed by atoms with E-state index in [9.17, 15) is 14.0 Å². The highest BCUT2D eigenvalue weighted by Gasteiger charge is 2.31. The molecule has 1 fully saturated rings. The number of anilines is 1. The quantitative estimate of drug-likeness (QED) is 0.186. The van der Waals surface area contributed by atoms with Gasteiger partial charge >= 0.3 is 0 Å². The van der Waals surface area contributed by atoms with E-state index >= 15 is 0 Å². The molecule has 0 radical (unpaired) electrons. The molecule has 0 atom stereocenters. The summed E-state index contributed by atoms with van der Waals surface area (Å²) in [6, 6.07) is 9.47. The van der Waals surface area contributed by atoms with Gasteiger partial charge in [0.05, 0.1) is 28.4 Å². The van der Waals surface area contributed by atoms with Crippen molar-refractivity contribution in [3.63, 3.8) is 0 Å². The van der Waals surface area contributed by atoms with Crippen LogP contribution in [0.2, 0.25) is 0 Å². The van der Waals surface area contributed by atoms with Gasteiger partial charge in [0.25, 0.3) is 11.7 Å². The van der Waals surface area contributed by atoms with Crippen molar-refractivity contribution in [2.24, 2.45) is 5.16 Å². The van der Waals surface area contributed by atoms with Crippen LogP contribution in [-0.2, 0) is 9.63 Å². The second kappa shape index (κ2) is 9.52. The van der Waals surface area contributed by atoms with Gasteiger partial charge in [-0.25, -0.2) is 9.37 Å². The van der Waals surface area contributed by atoms with E-state index < -0.39 is 17.5 Å². The Morgan fingerprint density at radius 1 is 1.14 bits per heavy atom. The van der Waals surface area contributed by atoms with Gasteiger partial charge in [0.2, 0.25) is 5.95 Å². The molecular weight excluding hydrogens is 469 g/mol. The summed E-state index contributed by atoms with van der Waals surface area (Å²) in [4.78, 5) is 41.3. The van der Waals surface area contributed by atoms with Gasteiger partial charge in [-0.1, -0.05) is 28.5 Å². The Balaban J connectivity index is 1.33. The molecule has 1 aliphatic rings. The maximum atomic E-state index is 14.7. The molecule has 13 heteroatoms. The summed E-state index contributed by atoms with van der Waals surface area (Å²) in [6.45, 7) is 3.06. The fourth-order valence-corrected chi connectivity index (χ4v) is 4.23. The van der Waals surface area contributed by atoms with E-state index in [2.05, 4.69) is 30.6 Å². The Bertz CT molecular complexity index is 1460. The SMILES string of the molecule is CO/N=C(\C)c1ncc(F)c2c(C(=O)C(=O)N3CCN(c4nnnn4-c4ccccc4)CC3)c[nH]c12. The molecule has 1 N–H and O–H groups in total. The summed E-state index contributed by atoms with van der Waals surface area (Å²) in [5.41, 5.74) is 1.74. The number of hydrogen-bond donors (Lipinski definition) is 1. The second-order valence-corrected chi connectivity index (χ2v) is 8.10. The number of hydrogen-bond acceptors (Lipinski definition) is 9. The van der Waals surface area contributed by atoms with E-state index in [1.807, 2.05) is 35.2 Å². The lowest BCUT2D eigenvalue weighted by atomic mass is 10.1. The number of nitrogens with one attached hydrogen (secondary N) is 1. The van der Waals surface area contributed by atoms with Crippen LogP contribution in [0.1, 0.15) is 23.0 Å². The summed E-state index contributed by atoms with van der Waals surface area (Å²) < 4.78 is 16.3. The molecule has 12 nitrogen and oxygen atoms in total. The van der Waals surface area contributed by atoms with Crippen LogP contribution in [0.3, 0.4) is 0 Å². The van der Waals surface area contributed by atoms with E-state index in [1.54, 1.807) is 11.6 Å². The number of halogens is 1. The number of piperazine rings is 1. The van der Waals surface area contributed by atoms with Crippen LogP contribution < -0.4 is 4.90 Å². The number of carbonyl (C=O) groups excluding carboxylic acids is 2. The van der Waals surface area contributed by atoms with Crippen molar-refractivity contribution in [2.45, 2.75) is 6.92 Å². The predicted molar refractivity (Wildman–Crippen MR) is 128 cm³/mol. The van der Waals surface area contributed by atoms with Crippen LogP contribution >= 0.6 is 0 Å². The molecule has 1 saturated heterocycles. The smallest absolute Gasteiger partial charge is 0.295 e. The first-order chi connectivity index (χ1) is 17.5. The minimum Gasteiger partial charge on any atom is -0.399 e. The topological polar surface area (TPSA) is 134 Å². The van der Waals surface area contributed by atoms with E-state index in [4.69, 9.17) is 4.84 Å². The average Bonchev–Trinajstić information content (AvgIpc) is 3.57. The van der Waals surface area contributed by atoms with Crippen molar-refractivity contribution in [3.8, 4) is 5.69 Å². The zero-order valence-corrected chi connectivity index (χ0v) is 19.6. The summed E-state index contributed by atoms with van der Waals surface area (Å²) in [5.74, 6) is -1.68. The number of amides is 1. The van der Waals surface area contributed by atoms with Crippen LogP contribution in [0.15, 0.2) is 47.9 Å². The van der Waals surface area contributed by atoms with Crippen molar-refractivity contribution in [1.82, 2.24) is 35.1 Å². The molecule has 1 aromatic carbocycles. The number of oxime groups is 1. The van der Waals surface area contributed by atoms with Gasteiger partial charge in [-0.15, -0.1) is 0 Å². The number of benzene rings is 1. The fraction of sp³-hybridized carbons (Fsp3) is 0.261. The first kappa shape index (κ1) is 23.1. The molecule has 0 bridgehead atoms. The number of ketones is 1. The Labute approximate surface area is 204 Å². The van der Waals surface area contributed by atoms with Gasteiger partial charge in [-0.05, 0) is 29.5 Å². The number of H-pyrrole nitrogens is 1.